The van der Waals surface area contributed by atoms with E-state index in [2.05, 4.69) is 5.32 Å². The molecule has 19 heavy (non-hydrogen) atoms. The smallest absolute Gasteiger partial charge is 0.317 e. The minimum absolute atomic E-state index is 0.0664. The van der Waals surface area contributed by atoms with Crippen molar-refractivity contribution in [3.05, 3.63) is 0 Å². The van der Waals surface area contributed by atoms with Crippen molar-refractivity contribution >= 4 is 12.0 Å². The molecular formula is C13H24N2O4. The first kappa shape index (κ1) is 15.8. The van der Waals surface area contributed by atoms with Crippen molar-refractivity contribution in [2.45, 2.75) is 51.2 Å². The molecule has 1 fully saturated rings. The Bertz CT molecular complexity index is 303. The normalized spacial score (nSPS) is 20.6. The lowest BCUT2D eigenvalue weighted by Gasteiger charge is -2.28. The number of carbonyl (C=O) groups is 2. The highest BCUT2D eigenvalue weighted by Gasteiger charge is 2.19. The average molecular weight is 272 g/mol. The second-order valence-corrected chi connectivity index (χ2v) is 5.15. The molecule has 2 atom stereocenters. The van der Waals surface area contributed by atoms with E-state index in [-0.39, 0.29) is 24.6 Å². The fourth-order valence-corrected chi connectivity index (χ4v) is 2.07. The van der Waals surface area contributed by atoms with E-state index in [1.165, 1.54) is 0 Å². The average Bonchev–Trinajstić information content (AvgIpc) is 2.37. The summed E-state index contributed by atoms with van der Waals surface area (Å²) in [5.74, 6) is -0.843. The molecule has 1 heterocycles. The van der Waals surface area contributed by atoms with Gasteiger partial charge in [-0.3, -0.25) is 4.79 Å². The van der Waals surface area contributed by atoms with E-state index >= 15 is 0 Å². The molecule has 0 aromatic heterocycles. The summed E-state index contributed by atoms with van der Waals surface area (Å²) in [7, 11) is 1.73. The van der Waals surface area contributed by atoms with Crippen LogP contribution < -0.4 is 5.32 Å². The number of nitrogens with one attached hydrogen (secondary N) is 1. The van der Waals surface area contributed by atoms with Gasteiger partial charge >= 0.3 is 12.0 Å². The lowest BCUT2D eigenvalue weighted by molar-refractivity contribution is -0.137. The zero-order chi connectivity index (χ0) is 14.3. The van der Waals surface area contributed by atoms with Gasteiger partial charge in [-0.15, -0.1) is 0 Å². The zero-order valence-corrected chi connectivity index (χ0v) is 11.7. The van der Waals surface area contributed by atoms with Gasteiger partial charge in [0.25, 0.3) is 0 Å². The summed E-state index contributed by atoms with van der Waals surface area (Å²) in [6.07, 6.45) is 3.87. The third-order valence-corrected chi connectivity index (χ3v) is 3.26. The van der Waals surface area contributed by atoms with E-state index in [1.54, 1.807) is 11.9 Å². The van der Waals surface area contributed by atoms with Crippen LogP contribution in [0.25, 0.3) is 0 Å². The van der Waals surface area contributed by atoms with Crippen molar-refractivity contribution < 1.29 is 19.4 Å². The number of carboxylic acid groups (broad SMARTS) is 1. The molecule has 0 spiro atoms. The van der Waals surface area contributed by atoms with Gasteiger partial charge in [-0.05, 0) is 32.6 Å². The van der Waals surface area contributed by atoms with E-state index in [4.69, 9.17) is 9.84 Å². The SMILES string of the molecule is CC(CCC(=O)O)NC(=O)N(C)CC1CCCCO1. The Kier molecular flexibility index (Phi) is 6.62. The molecule has 0 radical (unpaired) electrons. The van der Waals surface area contributed by atoms with Crippen molar-refractivity contribution in [3.63, 3.8) is 0 Å². The Balaban J connectivity index is 2.25. The van der Waals surface area contributed by atoms with E-state index in [1.807, 2.05) is 6.92 Å². The Labute approximate surface area is 114 Å². The van der Waals surface area contributed by atoms with Crippen molar-refractivity contribution in [1.82, 2.24) is 10.2 Å². The predicted molar refractivity (Wildman–Crippen MR) is 71.1 cm³/mol. The number of rotatable bonds is 6. The van der Waals surface area contributed by atoms with Gasteiger partial charge in [0.05, 0.1) is 6.10 Å². The second kappa shape index (κ2) is 7.99. The van der Waals surface area contributed by atoms with Crippen LogP contribution in [0.3, 0.4) is 0 Å². The van der Waals surface area contributed by atoms with E-state index in [0.29, 0.717) is 13.0 Å². The monoisotopic (exact) mass is 272 g/mol. The molecule has 2 amide bonds. The predicted octanol–water partition coefficient (Wildman–Crippen LogP) is 1.45. The summed E-state index contributed by atoms with van der Waals surface area (Å²) in [5.41, 5.74) is 0. The van der Waals surface area contributed by atoms with Gasteiger partial charge in [0.2, 0.25) is 0 Å². The van der Waals surface area contributed by atoms with Crippen molar-refractivity contribution in [3.8, 4) is 0 Å². The van der Waals surface area contributed by atoms with Gasteiger partial charge < -0.3 is 20.1 Å². The minimum Gasteiger partial charge on any atom is -0.481 e. The van der Waals surface area contributed by atoms with Crippen LogP contribution in [0.1, 0.15) is 39.0 Å². The molecule has 0 aromatic carbocycles. The summed E-state index contributed by atoms with van der Waals surface area (Å²) < 4.78 is 5.58. The van der Waals surface area contributed by atoms with Crippen LogP contribution in [0, 0.1) is 0 Å². The second-order valence-electron chi connectivity index (χ2n) is 5.15. The maximum absolute atomic E-state index is 11.9. The number of ether oxygens (including phenoxy) is 1. The molecule has 0 aromatic rings. The minimum atomic E-state index is -0.843. The third-order valence-electron chi connectivity index (χ3n) is 3.26. The van der Waals surface area contributed by atoms with Gasteiger partial charge in [-0.1, -0.05) is 0 Å². The molecule has 1 aliphatic rings. The lowest BCUT2D eigenvalue weighted by atomic mass is 10.1. The molecule has 2 N–H and O–H groups in total. The van der Waals surface area contributed by atoms with Crippen LogP contribution >= 0.6 is 0 Å². The maximum Gasteiger partial charge on any atom is 0.317 e. The highest BCUT2D eigenvalue weighted by Crippen LogP contribution is 2.13. The zero-order valence-electron chi connectivity index (χ0n) is 11.7. The van der Waals surface area contributed by atoms with Gasteiger partial charge in [-0.25, -0.2) is 4.79 Å². The summed E-state index contributed by atoms with van der Waals surface area (Å²) in [6, 6.07) is -0.314. The quantitative estimate of drug-likeness (QED) is 0.767. The number of aliphatic carboxylic acids is 1. The fourth-order valence-electron chi connectivity index (χ4n) is 2.07. The molecule has 110 valence electrons. The molecule has 6 nitrogen and oxygen atoms in total. The highest BCUT2D eigenvalue weighted by atomic mass is 16.5. The molecule has 1 aliphatic heterocycles. The summed E-state index contributed by atoms with van der Waals surface area (Å²) in [6.45, 7) is 3.17. The van der Waals surface area contributed by atoms with Crippen molar-refractivity contribution in [2.24, 2.45) is 0 Å². The number of carbonyl (C=O) groups excluding carboxylic acids is 1. The first-order chi connectivity index (χ1) is 8.99. The molecule has 6 heteroatoms. The largest absolute Gasteiger partial charge is 0.481 e. The van der Waals surface area contributed by atoms with Gasteiger partial charge in [0, 0.05) is 32.7 Å². The van der Waals surface area contributed by atoms with Crippen LogP contribution in [0.15, 0.2) is 0 Å². The number of likely N-dealkylation sites (N-methyl/N-ethyl adjacent to an activating group) is 1. The molecular weight excluding hydrogens is 248 g/mol. The van der Waals surface area contributed by atoms with E-state index in [9.17, 15) is 9.59 Å². The van der Waals surface area contributed by atoms with Gasteiger partial charge in [0.1, 0.15) is 0 Å². The third kappa shape index (κ3) is 6.42. The molecule has 0 aliphatic carbocycles. The van der Waals surface area contributed by atoms with Crippen LogP contribution in [0.4, 0.5) is 4.79 Å². The van der Waals surface area contributed by atoms with Crippen LogP contribution in [-0.4, -0.2) is 54.4 Å². The fraction of sp³-hybridized carbons (Fsp3) is 0.846. The first-order valence-electron chi connectivity index (χ1n) is 6.84. The molecule has 0 bridgehead atoms. The topological polar surface area (TPSA) is 78.9 Å². The molecule has 1 rings (SSSR count). The Morgan fingerprint density at radius 1 is 1.47 bits per heavy atom. The standard InChI is InChI=1S/C13H24N2O4/c1-10(6-7-12(16)17)14-13(18)15(2)9-11-5-3-4-8-19-11/h10-11H,3-9H2,1-2H3,(H,14,18)(H,16,17). The molecule has 0 saturated carbocycles. The molecule has 2 unspecified atom stereocenters. The van der Waals surface area contributed by atoms with Crippen LogP contribution in [-0.2, 0) is 9.53 Å². The number of carboxylic acids is 1. The highest BCUT2D eigenvalue weighted by molar-refractivity contribution is 5.74. The Hall–Kier alpha value is -1.30. The summed E-state index contributed by atoms with van der Waals surface area (Å²) in [4.78, 5) is 23.9. The maximum atomic E-state index is 11.9. The van der Waals surface area contributed by atoms with Crippen molar-refractivity contribution in [1.29, 1.82) is 0 Å². The number of urea groups is 1. The van der Waals surface area contributed by atoms with Crippen LogP contribution in [0.5, 0.6) is 0 Å². The number of hydrogen-bond donors (Lipinski definition) is 2. The van der Waals surface area contributed by atoms with Gasteiger partial charge in [-0.2, -0.15) is 0 Å². The Morgan fingerprint density at radius 3 is 2.79 bits per heavy atom. The summed E-state index contributed by atoms with van der Waals surface area (Å²) in [5, 5.41) is 11.4. The lowest BCUT2D eigenvalue weighted by Crippen LogP contribution is -2.45. The van der Waals surface area contributed by atoms with Gasteiger partial charge in [0.15, 0.2) is 0 Å². The number of nitrogens with zero attached hydrogens (tertiary/aromatic N) is 1. The van der Waals surface area contributed by atoms with Crippen molar-refractivity contribution in [2.75, 3.05) is 20.2 Å². The Morgan fingerprint density at radius 2 is 2.21 bits per heavy atom. The molecule has 1 saturated heterocycles. The van der Waals surface area contributed by atoms with E-state index in [0.717, 1.165) is 25.9 Å². The first-order valence-corrected chi connectivity index (χ1v) is 6.84. The van der Waals surface area contributed by atoms with Crippen LogP contribution in [0.2, 0.25) is 0 Å². The number of amides is 2. The van der Waals surface area contributed by atoms with E-state index < -0.39 is 5.97 Å². The number of hydrogen-bond acceptors (Lipinski definition) is 3. The summed E-state index contributed by atoms with van der Waals surface area (Å²) >= 11 is 0.